The van der Waals surface area contributed by atoms with Gasteiger partial charge < -0.3 is 4.74 Å². The maximum Gasteiger partial charge on any atom is 0.262 e. The van der Waals surface area contributed by atoms with Gasteiger partial charge in [0.05, 0.1) is 26.0 Å². The van der Waals surface area contributed by atoms with Gasteiger partial charge in [-0.2, -0.15) is 0 Å². The molecule has 12 heteroatoms. The van der Waals surface area contributed by atoms with Crippen LogP contribution in [0.2, 0.25) is 10.0 Å². The third kappa shape index (κ3) is 6.73. The molecule has 1 aromatic carbocycles. The predicted molar refractivity (Wildman–Crippen MR) is 121 cm³/mol. The topological polar surface area (TPSA) is 87.7 Å². The SMILES string of the molecule is C=C(F)/C=C(/F)C(=CC)NS(=O)(=O)c1cc(Cl)c(OC2=CC=C(NO)CCC2Cl)c(Cl)c1. The summed E-state index contributed by atoms with van der Waals surface area (Å²) >= 11 is 18.7. The van der Waals surface area contributed by atoms with Crippen LogP contribution in [0.5, 0.6) is 5.75 Å². The number of halogens is 5. The fourth-order valence-corrected chi connectivity index (χ4v) is 4.65. The second kappa shape index (κ2) is 11.2. The van der Waals surface area contributed by atoms with Crippen LogP contribution in [0.15, 0.2) is 76.7 Å². The molecule has 0 saturated carbocycles. The van der Waals surface area contributed by atoms with Gasteiger partial charge in [-0.25, -0.2) is 17.2 Å². The van der Waals surface area contributed by atoms with Crippen LogP contribution in [0, 0.1) is 0 Å². The fraction of sp³-hybridized carbons (Fsp3) is 0.200. The number of rotatable bonds is 8. The summed E-state index contributed by atoms with van der Waals surface area (Å²) in [5.74, 6) is -2.01. The van der Waals surface area contributed by atoms with E-state index in [1.807, 2.05) is 10.2 Å². The largest absolute Gasteiger partial charge is 0.457 e. The second-order valence-electron chi connectivity index (χ2n) is 6.44. The molecule has 2 rings (SSSR count). The van der Waals surface area contributed by atoms with Crippen LogP contribution in [0.4, 0.5) is 8.78 Å². The van der Waals surface area contributed by atoms with Crippen molar-refractivity contribution in [2.24, 2.45) is 0 Å². The van der Waals surface area contributed by atoms with Crippen molar-refractivity contribution < 1.29 is 27.1 Å². The summed E-state index contributed by atoms with van der Waals surface area (Å²) < 4.78 is 59.9. The van der Waals surface area contributed by atoms with Crippen molar-refractivity contribution in [1.82, 2.24) is 10.2 Å². The molecule has 32 heavy (non-hydrogen) atoms. The Balaban J connectivity index is 2.35. The predicted octanol–water partition coefficient (Wildman–Crippen LogP) is 6.04. The van der Waals surface area contributed by atoms with Crippen molar-refractivity contribution in [3.05, 3.63) is 81.9 Å². The zero-order valence-electron chi connectivity index (χ0n) is 16.6. The van der Waals surface area contributed by atoms with Crippen molar-refractivity contribution in [3.63, 3.8) is 0 Å². The number of sulfonamides is 1. The molecule has 1 aromatic rings. The van der Waals surface area contributed by atoms with Gasteiger partial charge in [-0.3, -0.25) is 15.4 Å². The first-order valence-electron chi connectivity index (χ1n) is 9.01. The summed E-state index contributed by atoms with van der Waals surface area (Å²) in [5.41, 5.74) is 2.08. The monoisotopic (exact) mass is 526 g/mol. The molecule has 0 aliphatic heterocycles. The van der Waals surface area contributed by atoms with E-state index in [-0.39, 0.29) is 26.4 Å². The number of nitrogens with one attached hydrogen (secondary N) is 2. The molecule has 6 nitrogen and oxygen atoms in total. The quantitative estimate of drug-likeness (QED) is 0.218. The van der Waals surface area contributed by atoms with Crippen LogP contribution < -0.4 is 14.9 Å². The lowest BCUT2D eigenvalue weighted by molar-refractivity contribution is 0.195. The third-order valence-electron chi connectivity index (χ3n) is 4.14. The lowest BCUT2D eigenvalue weighted by atomic mass is 10.2. The Labute approximate surface area is 199 Å². The van der Waals surface area contributed by atoms with Crippen molar-refractivity contribution >= 4 is 44.8 Å². The number of hydrogen-bond donors (Lipinski definition) is 3. The van der Waals surface area contributed by atoms with E-state index in [0.29, 0.717) is 24.6 Å². The van der Waals surface area contributed by atoms with Crippen LogP contribution in [-0.4, -0.2) is 19.0 Å². The normalized spacial score (nSPS) is 17.8. The Morgan fingerprint density at radius 2 is 1.91 bits per heavy atom. The number of allylic oxidation sites excluding steroid dienone is 8. The number of ether oxygens (including phenoxy) is 1. The Kier molecular flexibility index (Phi) is 9.18. The molecule has 0 aromatic heterocycles. The van der Waals surface area contributed by atoms with E-state index >= 15 is 0 Å². The lowest BCUT2D eigenvalue weighted by Gasteiger charge is -2.17. The average Bonchev–Trinajstić information content (AvgIpc) is 2.89. The zero-order valence-corrected chi connectivity index (χ0v) is 19.7. The van der Waals surface area contributed by atoms with E-state index in [9.17, 15) is 17.2 Å². The van der Waals surface area contributed by atoms with Gasteiger partial charge in [-0.1, -0.05) is 35.9 Å². The van der Waals surface area contributed by atoms with Crippen molar-refractivity contribution in [3.8, 4) is 5.75 Å². The van der Waals surface area contributed by atoms with E-state index in [0.717, 1.165) is 18.2 Å². The molecule has 0 spiro atoms. The van der Waals surface area contributed by atoms with Gasteiger partial charge in [0, 0.05) is 11.8 Å². The lowest BCUT2D eigenvalue weighted by Crippen LogP contribution is -2.23. The molecule has 0 saturated heterocycles. The van der Waals surface area contributed by atoms with Gasteiger partial charge in [-0.05, 0) is 44.1 Å². The number of hydroxylamine groups is 1. The van der Waals surface area contributed by atoms with Crippen LogP contribution in [-0.2, 0) is 10.0 Å². The zero-order chi connectivity index (χ0) is 24.1. The van der Waals surface area contributed by atoms with E-state index in [4.69, 9.17) is 44.7 Å². The van der Waals surface area contributed by atoms with Gasteiger partial charge in [0.2, 0.25) is 0 Å². The van der Waals surface area contributed by atoms with E-state index < -0.39 is 32.8 Å². The summed E-state index contributed by atoms with van der Waals surface area (Å²) in [7, 11) is -4.34. The molecule has 0 radical (unpaired) electrons. The van der Waals surface area contributed by atoms with Crippen molar-refractivity contribution in [2.45, 2.75) is 30.0 Å². The maximum atomic E-state index is 14.0. The molecule has 1 unspecified atom stereocenters. The molecule has 0 heterocycles. The highest BCUT2D eigenvalue weighted by Crippen LogP contribution is 2.38. The molecular formula is C20H19Cl3F2N2O4S. The van der Waals surface area contributed by atoms with E-state index in [1.54, 1.807) is 6.08 Å². The van der Waals surface area contributed by atoms with E-state index in [1.165, 1.54) is 13.0 Å². The summed E-state index contributed by atoms with van der Waals surface area (Å²) in [4.78, 5) is -0.380. The fourth-order valence-electron chi connectivity index (χ4n) is 2.56. The van der Waals surface area contributed by atoms with Crippen molar-refractivity contribution in [2.75, 3.05) is 0 Å². The molecule has 1 aliphatic carbocycles. The summed E-state index contributed by atoms with van der Waals surface area (Å²) in [5, 5.41) is 8.18. The first-order chi connectivity index (χ1) is 15.0. The molecule has 174 valence electrons. The number of hydrogen-bond acceptors (Lipinski definition) is 5. The highest BCUT2D eigenvalue weighted by Gasteiger charge is 2.24. The molecule has 1 aliphatic rings. The van der Waals surface area contributed by atoms with Gasteiger partial charge in [0.1, 0.15) is 17.4 Å². The molecule has 0 fully saturated rings. The molecule has 0 amide bonds. The Morgan fingerprint density at radius 1 is 1.28 bits per heavy atom. The molecule has 1 atom stereocenters. The smallest absolute Gasteiger partial charge is 0.262 e. The molecule has 0 bridgehead atoms. The first-order valence-corrected chi connectivity index (χ1v) is 11.7. The van der Waals surface area contributed by atoms with Gasteiger partial charge >= 0.3 is 0 Å². The Bertz CT molecular complexity index is 1110. The van der Waals surface area contributed by atoms with Crippen molar-refractivity contribution in [1.29, 1.82) is 0 Å². The Hall–Kier alpha value is -2.04. The maximum absolute atomic E-state index is 14.0. The van der Waals surface area contributed by atoms with Crippen LogP contribution in [0.1, 0.15) is 19.8 Å². The minimum absolute atomic E-state index is 0.0379. The van der Waals surface area contributed by atoms with Crippen LogP contribution in [0.3, 0.4) is 0 Å². The molecule has 3 N–H and O–H groups in total. The highest BCUT2D eigenvalue weighted by atomic mass is 35.5. The minimum atomic E-state index is -4.34. The third-order valence-corrected chi connectivity index (χ3v) is 6.48. The number of alkyl halides is 1. The highest BCUT2D eigenvalue weighted by molar-refractivity contribution is 7.89. The molecular weight excluding hydrogens is 509 g/mol. The van der Waals surface area contributed by atoms with Crippen LogP contribution in [0.25, 0.3) is 0 Å². The van der Waals surface area contributed by atoms with Crippen LogP contribution >= 0.6 is 34.8 Å². The first kappa shape index (κ1) is 26.2. The van der Waals surface area contributed by atoms with Gasteiger partial charge in [0.15, 0.2) is 5.75 Å². The minimum Gasteiger partial charge on any atom is -0.457 e. The van der Waals surface area contributed by atoms with Gasteiger partial charge in [0.25, 0.3) is 10.0 Å². The van der Waals surface area contributed by atoms with Gasteiger partial charge in [-0.15, -0.1) is 11.6 Å². The summed E-state index contributed by atoms with van der Waals surface area (Å²) in [6.45, 7) is 4.26. The number of benzene rings is 1. The average molecular weight is 528 g/mol. The summed E-state index contributed by atoms with van der Waals surface area (Å²) in [6.07, 6.45) is 5.53. The Morgan fingerprint density at radius 3 is 2.44 bits per heavy atom. The van der Waals surface area contributed by atoms with E-state index in [2.05, 4.69) is 6.58 Å². The second-order valence-corrected chi connectivity index (χ2v) is 9.47. The summed E-state index contributed by atoms with van der Waals surface area (Å²) in [6, 6.07) is 2.12. The standard InChI is InChI=1S/C20H19Cl3F2N2O4S/c1-3-18(17(25)8-11(2)24)27-32(29,30)13-9-15(22)20(16(23)10-13)31-19-7-5-12(26-28)4-6-14(19)21/h3,5,7-10,14,26-28H,2,4,6H2,1H3/b17-8+,18-3?.